The van der Waals surface area contributed by atoms with Crippen LogP contribution in [0.1, 0.15) is 25.0 Å². The highest BCUT2D eigenvalue weighted by atomic mass is 16.5. The summed E-state index contributed by atoms with van der Waals surface area (Å²) >= 11 is 0. The van der Waals surface area contributed by atoms with Gasteiger partial charge in [-0.1, -0.05) is 42.5 Å². The third kappa shape index (κ3) is 3.98. The second kappa shape index (κ2) is 8.57. The van der Waals surface area contributed by atoms with Crippen molar-refractivity contribution in [3.63, 3.8) is 0 Å². The van der Waals surface area contributed by atoms with Gasteiger partial charge in [0.1, 0.15) is 5.75 Å². The Balaban J connectivity index is 1.96. The summed E-state index contributed by atoms with van der Waals surface area (Å²) in [5.41, 5.74) is 3.03. The topological polar surface area (TPSA) is 55.8 Å². The summed E-state index contributed by atoms with van der Waals surface area (Å²) in [5, 5.41) is 0. The van der Waals surface area contributed by atoms with Crippen molar-refractivity contribution in [2.24, 2.45) is 0 Å². The smallest absolute Gasteiger partial charge is 0.340 e. The van der Waals surface area contributed by atoms with Crippen molar-refractivity contribution in [2.45, 2.75) is 20.4 Å². The number of rotatable bonds is 6. The van der Waals surface area contributed by atoms with Crippen LogP contribution in [0.5, 0.6) is 5.75 Å². The average Bonchev–Trinajstić information content (AvgIpc) is 2.94. The van der Waals surface area contributed by atoms with E-state index in [0.717, 1.165) is 16.9 Å². The molecular weight excluding hydrogens is 354 g/mol. The lowest BCUT2D eigenvalue weighted by molar-refractivity contribution is -0.136. The van der Waals surface area contributed by atoms with Gasteiger partial charge in [0, 0.05) is 5.70 Å². The van der Waals surface area contributed by atoms with E-state index in [1.165, 1.54) is 7.11 Å². The van der Waals surface area contributed by atoms with E-state index in [-0.39, 0.29) is 5.91 Å². The van der Waals surface area contributed by atoms with Gasteiger partial charge in [-0.2, -0.15) is 0 Å². The van der Waals surface area contributed by atoms with E-state index in [9.17, 15) is 9.59 Å². The van der Waals surface area contributed by atoms with E-state index < -0.39 is 5.97 Å². The Morgan fingerprint density at radius 1 is 1.07 bits per heavy atom. The lowest BCUT2D eigenvalue weighted by Gasteiger charge is -2.17. The van der Waals surface area contributed by atoms with Gasteiger partial charge in [-0.25, -0.2) is 4.79 Å². The number of carbonyl (C=O) groups excluding carboxylic acids is 2. The van der Waals surface area contributed by atoms with E-state index in [4.69, 9.17) is 9.47 Å². The molecule has 0 radical (unpaired) electrons. The van der Waals surface area contributed by atoms with E-state index in [2.05, 4.69) is 0 Å². The van der Waals surface area contributed by atoms with Crippen molar-refractivity contribution < 1.29 is 19.1 Å². The third-order valence-electron chi connectivity index (χ3n) is 4.59. The maximum absolute atomic E-state index is 13.1. The number of esters is 1. The highest BCUT2D eigenvalue weighted by molar-refractivity contribution is 6.16. The quantitative estimate of drug-likeness (QED) is 0.565. The Labute approximate surface area is 164 Å². The molecule has 144 valence electrons. The molecule has 5 heteroatoms. The molecule has 1 aliphatic rings. The SMILES string of the molecule is CCOc1ccc(/C=C2\C(=O)N(Cc3ccccc3)C(C)=C2C(=O)OC)cc1. The molecule has 0 spiro atoms. The van der Waals surface area contributed by atoms with Crippen molar-refractivity contribution in [1.82, 2.24) is 4.90 Å². The summed E-state index contributed by atoms with van der Waals surface area (Å²) < 4.78 is 10.4. The van der Waals surface area contributed by atoms with Crippen LogP contribution in [-0.4, -0.2) is 30.5 Å². The molecule has 1 heterocycles. The van der Waals surface area contributed by atoms with E-state index in [1.54, 1.807) is 17.9 Å². The minimum absolute atomic E-state index is 0.212. The average molecular weight is 377 g/mol. The van der Waals surface area contributed by atoms with Gasteiger partial charge in [0.15, 0.2) is 0 Å². The molecule has 0 aromatic heterocycles. The summed E-state index contributed by atoms with van der Waals surface area (Å²) in [6.07, 6.45) is 1.72. The number of nitrogens with zero attached hydrogens (tertiary/aromatic N) is 1. The van der Waals surface area contributed by atoms with Crippen LogP contribution in [0, 0.1) is 0 Å². The number of hydrogen-bond donors (Lipinski definition) is 0. The molecule has 0 bridgehead atoms. The monoisotopic (exact) mass is 377 g/mol. The van der Waals surface area contributed by atoms with Gasteiger partial charge in [-0.05, 0) is 43.2 Å². The van der Waals surface area contributed by atoms with Gasteiger partial charge >= 0.3 is 5.97 Å². The van der Waals surface area contributed by atoms with Gasteiger partial charge in [0.25, 0.3) is 5.91 Å². The predicted molar refractivity (Wildman–Crippen MR) is 107 cm³/mol. The fraction of sp³-hybridized carbons (Fsp3) is 0.217. The van der Waals surface area contributed by atoms with Crippen LogP contribution in [0.3, 0.4) is 0 Å². The van der Waals surface area contributed by atoms with Crippen LogP contribution in [0.4, 0.5) is 0 Å². The highest BCUT2D eigenvalue weighted by Crippen LogP contribution is 2.33. The van der Waals surface area contributed by atoms with Crippen molar-refractivity contribution in [3.05, 3.63) is 82.6 Å². The standard InChI is InChI=1S/C23H23NO4/c1-4-28-19-12-10-17(11-13-19)14-20-21(23(26)27-3)16(2)24(22(20)25)15-18-8-6-5-7-9-18/h5-14H,4,15H2,1-3H3/b20-14-. The molecule has 1 amide bonds. The predicted octanol–water partition coefficient (Wildman–Crippen LogP) is 3.96. The van der Waals surface area contributed by atoms with Crippen LogP contribution in [0.15, 0.2) is 71.4 Å². The van der Waals surface area contributed by atoms with Crippen LogP contribution in [-0.2, 0) is 20.9 Å². The Morgan fingerprint density at radius 2 is 1.75 bits per heavy atom. The number of methoxy groups -OCH3 is 1. The maximum atomic E-state index is 13.1. The number of allylic oxidation sites excluding steroid dienone is 1. The number of carbonyl (C=O) groups is 2. The highest BCUT2D eigenvalue weighted by Gasteiger charge is 2.36. The van der Waals surface area contributed by atoms with Gasteiger partial charge in [0.2, 0.25) is 0 Å². The first-order valence-electron chi connectivity index (χ1n) is 9.15. The lowest BCUT2D eigenvalue weighted by Crippen LogP contribution is -2.24. The van der Waals surface area contributed by atoms with E-state index in [0.29, 0.717) is 30.0 Å². The molecule has 3 rings (SSSR count). The van der Waals surface area contributed by atoms with Gasteiger partial charge in [-0.3, -0.25) is 4.79 Å². The summed E-state index contributed by atoms with van der Waals surface area (Å²) in [7, 11) is 1.32. The summed E-state index contributed by atoms with van der Waals surface area (Å²) in [5.74, 6) is 0.0299. The zero-order valence-corrected chi connectivity index (χ0v) is 16.3. The second-order valence-corrected chi connectivity index (χ2v) is 6.39. The Kier molecular flexibility index (Phi) is 5.94. The Hall–Kier alpha value is -3.34. The van der Waals surface area contributed by atoms with E-state index >= 15 is 0 Å². The van der Waals surface area contributed by atoms with Gasteiger partial charge < -0.3 is 14.4 Å². The number of amides is 1. The van der Waals surface area contributed by atoms with Crippen LogP contribution in [0.25, 0.3) is 6.08 Å². The first-order chi connectivity index (χ1) is 13.5. The minimum atomic E-state index is -0.515. The van der Waals surface area contributed by atoms with E-state index in [1.807, 2.05) is 61.5 Å². The molecule has 28 heavy (non-hydrogen) atoms. The number of hydrogen-bond acceptors (Lipinski definition) is 4. The largest absolute Gasteiger partial charge is 0.494 e. The maximum Gasteiger partial charge on any atom is 0.340 e. The minimum Gasteiger partial charge on any atom is -0.494 e. The van der Waals surface area contributed by atoms with Crippen molar-refractivity contribution in [2.75, 3.05) is 13.7 Å². The Bertz CT molecular complexity index is 927. The molecule has 1 aliphatic heterocycles. The normalized spacial score (nSPS) is 15.3. The summed E-state index contributed by atoms with van der Waals surface area (Å²) in [6.45, 7) is 4.67. The fourth-order valence-corrected chi connectivity index (χ4v) is 3.18. The first-order valence-corrected chi connectivity index (χ1v) is 9.15. The molecule has 0 saturated heterocycles. The molecule has 5 nitrogen and oxygen atoms in total. The molecule has 0 aliphatic carbocycles. The number of benzene rings is 2. The lowest BCUT2D eigenvalue weighted by atomic mass is 10.0. The zero-order valence-electron chi connectivity index (χ0n) is 16.3. The molecule has 0 atom stereocenters. The van der Waals surface area contributed by atoms with Crippen LogP contribution < -0.4 is 4.74 Å². The zero-order chi connectivity index (χ0) is 20.1. The Morgan fingerprint density at radius 3 is 2.36 bits per heavy atom. The molecule has 0 saturated carbocycles. The van der Waals surface area contributed by atoms with Crippen molar-refractivity contribution >= 4 is 18.0 Å². The third-order valence-corrected chi connectivity index (χ3v) is 4.59. The molecule has 0 unspecified atom stereocenters. The molecule has 0 N–H and O–H groups in total. The fourth-order valence-electron chi connectivity index (χ4n) is 3.18. The first kappa shape index (κ1) is 19.4. The molecular formula is C23H23NO4. The summed E-state index contributed by atoms with van der Waals surface area (Å²) in [4.78, 5) is 27.1. The summed E-state index contributed by atoms with van der Waals surface area (Å²) in [6, 6.07) is 17.1. The van der Waals surface area contributed by atoms with Gasteiger partial charge in [-0.15, -0.1) is 0 Å². The molecule has 0 fully saturated rings. The van der Waals surface area contributed by atoms with Gasteiger partial charge in [0.05, 0.1) is 31.4 Å². The van der Waals surface area contributed by atoms with Crippen LogP contribution >= 0.6 is 0 Å². The number of ether oxygens (including phenoxy) is 2. The van der Waals surface area contributed by atoms with Crippen molar-refractivity contribution in [1.29, 1.82) is 0 Å². The second-order valence-electron chi connectivity index (χ2n) is 6.39. The molecule has 2 aromatic rings. The van der Waals surface area contributed by atoms with Crippen LogP contribution in [0.2, 0.25) is 0 Å². The van der Waals surface area contributed by atoms with Crippen molar-refractivity contribution in [3.8, 4) is 5.75 Å². The molecule has 2 aromatic carbocycles.